The molecule has 1 fully saturated rings. The third-order valence-corrected chi connectivity index (χ3v) is 5.06. The van der Waals surface area contributed by atoms with Crippen molar-refractivity contribution >= 4 is 28.6 Å². The number of nitrogens with zero attached hydrogens (tertiary/aromatic N) is 3. The predicted octanol–water partition coefficient (Wildman–Crippen LogP) is 1.72. The predicted molar refractivity (Wildman–Crippen MR) is 101 cm³/mol. The van der Waals surface area contributed by atoms with Crippen molar-refractivity contribution < 1.29 is 4.79 Å². The van der Waals surface area contributed by atoms with Gasteiger partial charge in [0.2, 0.25) is 5.91 Å². The van der Waals surface area contributed by atoms with Crippen LogP contribution in [0, 0.1) is 0 Å². The van der Waals surface area contributed by atoms with E-state index in [-0.39, 0.29) is 17.2 Å². The molecule has 6 nitrogen and oxygen atoms in total. The van der Waals surface area contributed by atoms with E-state index in [1.54, 1.807) is 10.6 Å². The smallest absolute Gasteiger partial charge is 0.262 e. The SMILES string of the molecule is CN(C)CCCn1c(SCC(=O)NC2CC2)nc2ccccc2c1=O. The summed E-state index contributed by atoms with van der Waals surface area (Å²) < 4.78 is 1.71. The van der Waals surface area contributed by atoms with Gasteiger partial charge in [0, 0.05) is 12.6 Å². The van der Waals surface area contributed by atoms with Crippen molar-refractivity contribution in [3.05, 3.63) is 34.6 Å². The maximum Gasteiger partial charge on any atom is 0.262 e. The van der Waals surface area contributed by atoms with Gasteiger partial charge >= 0.3 is 0 Å². The van der Waals surface area contributed by atoms with Gasteiger partial charge in [-0.05, 0) is 52.0 Å². The highest BCUT2D eigenvalue weighted by Crippen LogP contribution is 2.21. The van der Waals surface area contributed by atoms with Gasteiger partial charge in [-0.15, -0.1) is 0 Å². The molecule has 1 N–H and O–H groups in total. The molecular weight excluding hydrogens is 336 g/mol. The summed E-state index contributed by atoms with van der Waals surface area (Å²) in [4.78, 5) is 31.6. The first-order valence-electron chi connectivity index (χ1n) is 8.61. The topological polar surface area (TPSA) is 67.2 Å². The Morgan fingerprint density at radius 2 is 2.12 bits per heavy atom. The van der Waals surface area contributed by atoms with E-state index in [9.17, 15) is 9.59 Å². The number of aromatic nitrogens is 2. The van der Waals surface area contributed by atoms with Crippen LogP contribution in [0.3, 0.4) is 0 Å². The van der Waals surface area contributed by atoms with Gasteiger partial charge in [0.05, 0.1) is 16.7 Å². The molecule has 0 saturated heterocycles. The zero-order chi connectivity index (χ0) is 17.8. The Morgan fingerprint density at radius 3 is 2.84 bits per heavy atom. The molecule has 0 unspecified atom stereocenters. The number of benzene rings is 1. The van der Waals surface area contributed by atoms with Crippen LogP contribution < -0.4 is 10.9 Å². The molecule has 0 bridgehead atoms. The number of amides is 1. The van der Waals surface area contributed by atoms with E-state index in [4.69, 9.17) is 0 Å². The van der Waals surface area contributed by atoms with E-state index < -0.39 is 0 Å². The van der Waals surface area contributed by atoms with Crippen molar-refractivity contribution in [2.45, 2.75) is 37.0 Å². The Bertz CT molecular complexity index is 814. The highest BCUT2D eigenvalue weighted by Gasteiger charge is 2.23. The maximum atomic E-state index is 12.9. The normalized spacial score (nSPS) is 14.2. The van der Waals surface area contributed by atoms with Crippen molar-refractivity contribution in [2.24, 2.45) is 0 Å². The summed E-state index contributed by atoms with van der Waals surface area (Å²) in [6.07, 6.45) is 2.99. The minimum absolute atomic E-state index is 0.00903. The summed E-state index contributed by atoms with van der Waals surface area (Å²) in [6, 6.07) is 7.72. The quantitative estimate of drug-likeness (QED) is 0.573. The average Bonchev–Trinajstić information content (AvgIpc) is 3.39. The second kappa shape index (κ2) is 8.01. The molecule has 0 aliphatic heterocycles. The lowest BCUT2D eigenvalue weighted by Crippen LogP contribution is -2.29. The summed E-state index contributed by atoms with van der Waals surface area (Å²) >= 11 is 1.34. The fourth-order valence-corrected chi connectivity index (χ4v) is 3.46. The molecule has 0 spiro atoms. The molecule has 7 heteroatoms. The molecule has 25 heavy (non-hydrogen) atoms. The first-order valence-corrected chi connectivity index (χ1v) is 9.59. The van der Waals surface area contributed by atoms with Crippen molar-refractivity contribution in [1.82, 2.24) is 19.8 Å². The van der Waals surface area contributed by atoms with E-state index in [1.165, 1.54) is 11.8 Å². The van der Waals surface area contributed by atoms with E-state index in [0.717, 1.165) is 25.8 Å². The van der Waals surface area contributed by atoms with Gasteiger partial charge in [-0.2, -0.15) is 0 Å². The molecule has 1 saturated carbocycles. The monoisotopic (exact) mass is 360 g/mol. The number of fused-ring (bicyclic) bond motifs is 1. The molecule has 1 aliphatic rings. The Labute approximate surface area is 151 Å². The van der Waals surface area contributed by atoms with E-state index in [2.05, 4.69) is 15.2 Å². The van der Waals surface area contributed by atoms with Crippen molar-refractivity contribution in [3.8, 4) is 0 Å². The molecule has 1 aliphatic carbocycles. The molecule has 1 aromatic carbocycles. The van der Waals surface area contributed by atoms with Crippen LogP contribution in [0.15, 0.2) is 34.2 Å². The first kappa shape index (κ1) is 17.9. The number of carbonyl (C=O) groups is 1. The number of carbonyl (C=O) groups excluding carboxylic acids is 1. The van der Waals surface area contributed by atoms with Crippen molar-refractivity contribution in [2.75, 3.05) is 26.4 Å². The highest BCUT2D eigenvalue weighted by molar-refractivity contribution is 7.99. The molecule has 0 atom stereocenters. The van der Waals surface area contributed by atoms with Crippen molar-refractivity contribution in [1.29, 1.82) is 0 Å². The molecule has 0 radical (unpaired) electrons. The van der Waals surface area contributed by atoms with Gasteiger partial charge in [-0.1, -0.05) is 23.9 Å². The van der Waals surface area contributed by atoms with Crippen LogP contribution >= 0.6 is 11.8 Å². The fourth-order valence-electron chi connectivity index (χ4n) is 2.63. The lowest BCUT2D eigenvalue weighted by molar-refractivity contribution is -0.118. The van der Waals surface area contributed by atoms with Gasteiger partial charge in [0.15, 0.2) is 5.16 Å². The first-order chi connectivity index (χ1) is 12.0. The summed E-state index contributed by atoms with van der Waals surface area (Å²) in [5.41, 5.74) is 0.649. The van der Waals surface area contributed by atoms with Crippen LogP contribution in [0.1, 0.15) is 19.3 Å². The van der Waals surface area contributed by atoms with Crippen molar-refractivity contribution in [3.63, 3.8) is 0 Å². The van der Waals surface area contributed by atoms with E-state index >= 15 is 0 Å². The lowest BCUT2D eigenvalue weighted by atomic mass is 10.2. The Balaban J connectivity index is 1.82. The Hall–Kier alpha value is -1.86. The van der Waals surface area contributed by atoms with Gasteiger partial charge in [-0.3, -0.25) is 14.2 Å². The molecule has 1 amide bonds. The number of hydrogen-bond acceptors (Lipinski definition) is 5. The largest absolute Gasteiger partial charge is 0.353 e. The molecule has 1 aromatic heterocycles. The number of para-hydroxylation sites is 1. The number of hydrogen-bond donors (Lipinski definition) is 1. The third kappa shape index (κ3) is 4.83. The fraction of sp³-hybridized carbons (Fsp3) is 0.500. The molecular formula is C18H24N4O2S. The van der Waals surface area contributed by atoms with Crippen LogP contribution in [0.4, 0.5) is 0 Å². The standard InChI is InChI=1S/C18H24N4O2S/c1-21(2)10-5-11-22-17(24)14-6-3-4-7-15(14)20-18(22)25-12-16(23)19-13-8-9-13/h3-4,6-7,13H,5,8-12H2,1-2H3,(H,19,23). The van der Waals surface area contributed by atoms with Gasteiger partial charge < -0.3 is 10.2 Å². The second-order valence-electron chi connectivity index (χ2n) is 6.66. The average molecular weight is 360 g/mol. The maximum absolute atomic E-state index is 12.9. The van der Waals surface area contributed by atoms with Gasteiger partial charge in [-0.25, -0.2) is 4.98 Å². The van der Waals surface area contributed by atoms with Crippen LogP contribution in [0.2, 0.25) is 0 Å². The number of thioether (sulfide) groups is 1. The minimum atomic E-state index is -0.0329. The molecule has 1 heterocycles. The second-order valence-corrected chi connectivity index (χ2v) is 7.60. The summed E-state index contributed by atoms with van der Waals surface area (Å²) in [6.45, 7) is 1.49. The van der Waals surface area contributed by atoms with Crippen LogP contribution in [-0.4, -0.2) is 52.8 Å². The molecule has 2 aromatic rings. The number of nitrogens with one attached hydrogen (secondary N) is 1. The van der Waals surface area contributed by atoms with Gasteiger partial charge in [0.25, 0.3) is 5.56 Å². The summed E-state index contributed by atoms with van der Waals surface area (Å²) in [5.74, 6) is 0.296. The third-order valence-electron chi connectivity index (χ3n) is 4.09. The zero-order valence-corrected chi connectivity index (χ0v) is 15.5. The zero-order valence-electron chi connectivity index (χ0n) is 14.7. The Morgan fingerprint density at radius 1 is 1.36 bits per heavy atom. The van der Waals surface area contributed by atoms with E-state index in [0.29, 0.717) is 28.6 Å². The minimum Gasteiger partial charge on any atom is -0.353 e. The van der Waals surface area contributed by atoms with Crippen LogP contribution in [0.25, 0.3) is 10.9 Å². The number of rotatable bonds is 8. The van der Waals surface area contributed by atoms with Gasteiger partial charge in [0.1, 0.15) is 0 Å². The molecule has 134 valence electrons. The van der Waals surface area contributed by atoms with Crippen LogP contribution in [0.5, 0.6) is 0 Å². The highest BCUT2D eigenvalue weighted by atomic mass is 32.2. The lowest BCUT2D eigenvalue weighted by Gasteiger charge is -2.14. The molecule has 3 rings (SSSR count). The van der Waals surface area contributed by atoms with E-state index in [1.807, 2.05) is 32.3 Å². The van der Waals surface area contributed by atoms with Crippen LogP contribution in [-0.2, 0) is 11.3 Å². The summed E-state index contributed by atoms with van der Waals surface area (Å²) in [5, 5.41) is 4.21. The Kier molecular flexibility index (Phi) is 5.75. The summed E-state index contributed by atoms with van der Waals surface area (Å²) in [7, 11) is 4.03.